The minimum absolute atomic E-state index is 0.576. The van der Waals surface area contributed by atoms with Gasteiger partial charge in [0.15, 0.2) is 5.11 Å². The molecule has 1 heterocycles. The Kier molecular flexibility index (Phi) is 5.81. The highest BCUT2D eigenvalue weighted by Gasteiger charge is 2.01. The van der Waals surface area contributed by atoms with Gasteiger partial charge in [-0.3, -0.25) is 0 Å². The average molecular weight is 363 g/mol. The van der Waals surface area contributed by atoms with Gasteiger partial charge in [-0.05, 0) is 55.9 Å². The maximum atomic E-state index is 5.35. The number of aryl methyl sites for hydroxylation is 2. The fourth-order valence-electron chi connectivity index (χ4n) is 2.39. The molecule has 0 aliphatic rings. The molecular formula is C21H22N4S. The lowest BCUT2D eigenvalue weighted by molar-refractivity contribution is 0.925. The Bertz CT molecular complexity index is 856. The summed E-state index contributed by atoms with van der Waals surface area (Å²) in [6, 6.07) is 20.5. The van der Waals surface area contributed by atoms with Crippen molar-refractivity contribution in [2.75, 3.05) is 10.6 Å². The van der Waals surface area contributed by atoms with E-state index in [1.165, 1.54) is 16.7 Å². The predicted molar refractivity (Wildman–Crippen MR) is 113 cm³/mol. The molecule has 0 atom stereocenters. The van der Waals surface area contributed by atoms with Crippen molar-refractivity contribution < 1.29 is 0 Å². The van der Waals surface area contributed by atoms with Gasteiger partial charge in [-0.1, -0.05) is 47.5 Å². The van der Waals surface area contributed by atoms with E-state index in [1.807, 2.05) is 24.3 Å². The molecule has 0 saturated heterocycles. The van der Waals surface area contributed by atoms with Crippen molar-refractivity contribution in [1.29, 1.82) is 0 Å². The first-order chi connectivity index (χ1) is 12.6. The zero-order valence-corrected chi connectivity index (χ0v) is 15.7. The van der Waals surface area contributed by atoms with Crippen LogP contribution < -0.4 is 16.0 Å². The summed E-state index contributed by atoms with van der Waals surface area (Å²) in [4.78, 5) is 4.42. The topological polar surface area (TPSA) is 49.0 Å². The molecule has 3 aromatic rings. The van der Waals surface area contributed by atoms with E-state index in [-0.39, 0.29) is 0 Å². The van der Waals surface area contributed by atoms with Gasteiger partial charge < -0.3 is 16.0 Å². The van der Waals surface area contributed by atoms with Crippen molar-refractivity contribution in [3.8, 4) is 0 Å². The lowest BCUT2D eigenvalue weighted by atomic mass is 10.1. The van der Waals surface area contributed by atoms with Gasteiger partial charge in [-0.15, -0.1) is 0 Å². The number of hydrogen-bond acceptors (Lipinski definition) is 3. The third kappa shape index (κ3) is 5.29. The Morgan fingerprint density at radius 1 is 0.846 bits per heavy atom. The van der Waals surface area contributed by atoms with Crippen molar-refractivity contribution in [1.82, 2.24) is 10.3 Å². The van der Waals surface area contributed by atoms with Crippen LogP contribution in [-0.4, -0.2) is 10.1 Å². The van der Waals surface area contributed by atoms with Crippen molar-refractivity contribution >= 4 is 34.5 Å². The molecule has 132 valence electrons. The zero-order valence-electron chi connectivity index (χ0n) is 14.9. The fourth-order valence-corrected chi connectivity index (χ4v) is 2.58. The second-order valence-electron chi connectivity index (χ2n) is 6.22. The first-order valence-corrected chi connectivity index (χ1v) is 8.89. The zero-order chi connectivity index (χ0) is 18.4. The number of hydrogen-bond donors (Lipinski definition) is 3. The normalized spacial score (nSPS) is 10.2. The van der Waals surface area contributed by atoms with Crippen LogP contribution in [0.25, 0.3) is 0 Å². The maximum Gasteiger partial charge on any atom is 0.171 e. The molecule has 0 fully saturated rings. The molecule has 5 heteroatoms. The molecule has 0 aliphatic carbocycles. The molecule has 1 aromatic heterocycles. The quantitative estimate of drug-likeness (QED) is 0.562. The SMILES string of the molecule is Cc1ccc(CNC(=S)Nc2ccc(Nc3ccc(C)cc3)nc2)cc1. The van der Waals surface area contributed by atoms with E-state index in [9.17, 15) is 0 Å². The molecule has 0 spiro atoms. The van der Waals surface area contributed by atoms with E-state index in [2.05, 4.69) is 71.2 Å². The van der Waals surface area contributed by atoms with Gasteiger partial charge in [0, 0.05) is 12.2 Å². The van der Waals surface area contributed by atoms with Crippen LogP contribution in [0, 0.1) is 13.8 Å². The van der Waals surface area contributed by atoms with Gasteiger partial charge in [0.25, 0.3) is 0 Å². The van der Waals surface area contributed by atoms with Crippen LogP contribution in [0.5, 0.6) is 0 Å². The Morgan fingerprint density at radius 2 is 1.46 bits per heavy atom. The predicted octanol–water partition coefficient (Wildman–Crippen LogP) is 4.93. The Balaban J connectivity index is 1.50. The average Bonchev–Trinajstić information content (AvgIpc) is 2.65. The summed E-state index contributed by atoms with van der Waals surface area (Å²) < 4.78 is 0. The molecule has 4 nitrogen and oxygen atoms in total. The molecule has 0 bridgehead atoms. The number of nitrogens with one attached hydrogen (secondary N) is 3. The number of aromatic nitrogens is 1. The van der Waals surface area contributed by atoms with Gasteiger partial charge in [-0.25, -0.2) is 4.98 Å². The highest BCUT2D eigenvalue weighted by atomic mass is 32.1. The van der Waals surface area contributed by atoms with E-state index in [0.717, 1.165) is 17.2 Å². The van der Waals surface area contributed by atoms with E-state index < -0.39 is 0 Å². The van der Waals surface area contributed by atoms with Gasteiger partial charge in [-0.2, -0.15) is 0 Å². The number of rotatable bonds is 5. The Labute approximate surface area is 159 Å². The van der Waals surface area contributed by atoms with E-state index in [1.54, 1.807) is 6.20 Å². The summed E-state index contributed by atoms with van der Waals surface area (Å²) in [6.07, 6.45) is 1.76. The third-order valence-corrected chi connectivity index (χ3v) is 4.17. The summed E-state index contributed by atoms with van der Waals surface area (Å²) in [5.41, 5.74) is 5.53. The third-order valence-electron chi connectivity index (χ3n) is 3.92. The molecule has 2 aromatic carbocycles. The van der Waals surface area contributed by atoms with Crippen LogP contribution in [0.2, 0.25) is 0 Å². The summed E-state index contributed by atoms with van der Waals surface area (Å²) in [5.74, 6) is 0.790. The summed E-state index contributed by atoms with van der Waals surface area (Å²) in [6.45, 7) is 4.83. The number of benzene rings is 2. The lowest BCUT2D eigenvalue weighted by Crippen LogP contribution is -2.27. The molecule has 0 saturated carbocycles. The first-order valence-electron chi connectivity index (χ1n) is 8.49. The summed E-state index contributed by atoms with van der Waals surface area (Å²) in [7, 11) is 0. The van der Waals surface area contributed by atoms with E-state index in [0.29, 0.717) is 11.7 Å². The lowest BCUT2D eigenvalue weighted by Gasteiger charge is -2.11. The molecule has 3 N–H and O–H groups in total. The van der Waals surface area contributed by atoms with Crippen LogP contribution in [0.3, 0.4) is 0 Å². The highest BCUT2D eigenvalue weighted by molar-refractivity contribution is 7.80. The molecule has 3 rings (SSSR count). The van der Waals surface area contributed by atoms with Gasteiger partial charge in [0.2, 0.25) is 0 Å². The fraction of sp³-hybridized carbons (Fsp3) is 0.143. The number of thiocarbonyl (C=S) groups is 1. The molecular weight excluding hydrogens is 340 g/mol. The second kappa shape index (κ2) is 8.45. The Morgan fingerprint density at radius 3 is 2.08 bits per heavy atom. The molecule has 26 heavy (non-hydrogen) atoms. The number of pyridine rings is 1. The first kappa shape index (κ1) is 17.9. The van der Waals surface area contributed by atoms with Gasteiger partial charge >= 0.3 is 0 Å². The second-order valence-corrected chi connectivity index (χ2v) is 6.62. The van der Waals surface area contributed by atoms with Gasteiger partial charge in [0.1, 0.15) is 5.82 Å². The monoisotopic (exact) mass is 362 g/mol. The van der Waals surface area contributed by atoms with Crippen LogP contribution in [-0.2, 0) is 6.54 Å². The van der Waals surface area contributed by atoms with Crippen LogP contribution >= 0.6 is 12.2 Å². The molecule has 0 aliphatic heterocycles. The van der Waals surface area contributed by atoms with E-state index in [4.69, 9.17) is 12.2 Å². The molecule has 0 unspecified atom stereocenters. The number of nitrogens with zero attached hydrogens (tertiary/aromatic N) is 1. The van der Waals surface area contributed by atoms with Crippen LogP contribution in [0.1, 0.15) is 16.7 Å². The van der Waals surface area contributed by atoms with Gasteiger partial charge in [0.05, 0.1) is 11.9 Å². The standard InChI is InChI=1S/C21H22N4S/c1-15-3-7-17(8-4-15)13-23-21(26)25-19-11-12-20(22-14-19)24-18-9-5-16(2)6-10-18/h3-12,14H,13H2,1-2H3,(H,22,24)(H2,23,25,26). The minimum atomic E-state index is 0.576. The largest absolute Gasteiger partial charge is 0.358 e. The summed E-state index contributed by atoms with van der Waals surface area (Å²) >= 11 is 5.35. The highest BCUT2D eigenvalue weighted by Crippen LogP contribution is 2.16. The maximum absolute atomic E-state index is 5.35. The summed E-state index contributed by atoms with van der Waals surface area (Å²) in [5, 5.41) is 10.2. The minimum Gasteiger partial charge on any atom is -0.358 e. The molecule has 0 amide bonds. The van der Waals surface area contributed by atoms with Crippen molar-refractivity contribution in [2.24, 2.45) is 0 Å². The van der Waals surface area contributed by atoms with E-state index >= 15 is 0 Å². The smallest absolute Gasteiger partial charge is 0.171 e. The van der Waals surface area contributed by atoms with Crippen molar-refractivity contribution in [3.63, 3.8) is 0 Å². The van der Waals surface area contributed by atoms with Crippen LogP contribution in [0.15, 0.2) is 66.9 Å². The van der Waals surface area contributed by atoms with Crippen molar-refractivity contribution in [2.45, 2.75) is 20.4 Å². The Hall–Kier alpha value is -2.92. The number of anilines is 3. The molecule has 0 radical (unpaired) electrons. The van der Waals surface area contributed by atoms with Crippen LogP contribution in [0.4, 0.5) is 17.2 Å². The van der Waals surface area contributed by atoms with Crippen molar-refractivity contribution in [3.05, 3.63) is 83.6 Å².